The fourth-order valence-electron chi connectivity index (χ4n) is 2.74. The van der Waals surface area contributed by atoms with E-state index in [9.17, 15) is 4.79 Å². The van der Waals surface area contributed by atoms with Gasteiger partial charge < -0.3 is 5.32 Å². The molecule has 0 heterocycles. The predicted molar refractivity (Wildman–Crippen MR) is 78.5 cm³/mol. The smallest absolute Gasteiger partial charge is 0.228 e. The number of amides is 1. The van der Waals surface area contributed by atoms with Gasteiger partial charge in [-0.25, -0.2) is 0 Å². The Kier molecular flexibility index (Phi) is 3.22. The minimum Gasteiger partial charge on any atom is -0.325 e. The van der Waals surface area contributed by atoms with Crippen LogP contribution in [0.2, 0.25) is 0 Å². The van der Waals surface area contributed by atoms with E-state index in [1.807, 2.05) is 0 Å². The van der Waals surface area contributed by atoms with Crippen molar-refractivity contribution in [3.63, 3.8) is 0 Å². The van der Waals surface area contributed by atoms with Crippen LogP contribution >= 0.6 is 15.9 Å². The third kappa shape index (κ3) is 2.17. The Morgan fingerprint density at radius 2 is 1.89 bits per heavy atom. The summed E-state index contributed by atoms with van der Waals surface area (Å²) in [5, 5.41) is 11.8. The summed E-state index contributed by atoms with van der Waals surface area (Å²) in [5.41, 5.74) is 1.33. The van der Waals surface area contributed by atoms with Gasteiger partial charge in [0.15, 0.2) is 0 Å². The number of carbonyl (C=O) groups excluding carboxylic acids is 1. The predicted octanol–water partition coefficient (Wildman–Crippen LogP) is 3.94. The maximum Gasteiger partial charge on any atom is 0.228 e. The van der Waals surface area contributed by atoms with Crippen LogP contribution in [0, 0.1) is 28.1 Å². The molecule has 1 aliphatic carbocycles. The second-order valence-corrected chi connectivity index (χ2v) is 7.03. The summed E-state index contributed by atoms with van der Waals surface area (Å²) in [6.07, 6.45) is 0. The van der Waals surface area contributed by atoms with Crippen LogP contribution in [0.1, 0.15) is 33.3 Å². The van der Waals surface area contributed by atoms with E-state index in [-0.39, 0.29) is 22.7 Å². The molecule has 100 valence electrons. The van der Waals surface area contributed by atoms with Crippen LogP contribution in [0.5, 0.6) is 0 Å². The first kappa shape index (κ1) is 14.1. The molecule has 0 saturated heterocycles. The lowest BCUT2D eigenvalue weighted by atomic mass is 10.0. The Labute approximate surface area is 122 Å². The number of nitrogens with one attached hydrogen (secondary N) is 1. The van der Waals surface area contributed by atoms with Gasteiger partial charge in [0.05, 0.1) is 17.3 Å². The quantitative estimate of drug-likeness (QED) is 0.897. The fourth-order valence-corrected chi connectivity index (χ4v) is 3.22. The summed E-state index contributed by atoms with van der Waals surface area (Å²) in [5.74, 6) is 0.0583. The van der Waals surface area contributed by atoms with Crippen molar-refractivity contribution in [1.82, 2.24) is 0 Å². The van der Waals surface area contributed by atoms with Crippen molar-refractivity contribution in [1.29, 1.82) is 5.26 Å². The monoisotopic (exact) mass is 320 g/mol. The third-order valence-electron chi connectivity index (χ3n) is 4.64. The highest BCUT2D eigenvalue weighted by atomic mass is 79.9. The number of halogens is 1. The lowest BCUT2D eigenvalue weighted by molar-refractivity contribution is -0.118. The number of hydrogen-bond acceptors (Lipinski definition) is 2. The van der Waals surface area contributed by atoms with E-state index >= 15 is 0 Å². The van der Waals surface area contributed by atoms with Gasteiger partial charge in [0.1, 0.15) is 0 Å². The molecule has 3 nitrogen and oxygen atoms in total. The number of benzene rings is 1. The van der Waals surface area contributed by atoms with E-state index in [0.717, 1.165) is 4.47 Å². The lowest BCUT2D eigenvalue weighted by Crippen LogP contribution is -2.17. The third-order valence-corrected chi connectivity index (χ3v) is 5.30. The average Bonchev–Trinajstić information content (AvgIpc) is 2.72. The summed E-state index contributed by atoms with van der Waals surface area (Å²) in [6.45, 7) is 8.46. The molecule has 2 rings (SSSR count). The Morgan fingerprint density at radius 1 is 1.32 bits per heavy atom. The van der Waals surface area contributed by atoms with Crippen molar-refractivity contribution >= 4 is 27.5 Å². The number of anilines is 1. The summed E-state index contributed by atoms with van der Waals surface area (Å²) in [4.78, 5) is 12.3. The molecule has 1 fully saturated rings. The fraction of sp³-hybridized carbons (Fsp3) is 0.467. The summed E-state index contributed by atoms with van der Waals surface area (Å²) < 4.78 is 0.733. The van der Waals surface area contributed by atoms with Gasteiger partial charge in [-0.15, -0.1) is 0 Å². The summed E-state index contributed by atoms with van der Waals surface area (Å²) >= 11 is 3.38. The van der Waals surface area contributed by atoms with Crippen molar-refractivity contribution in [2.24, 2.45) is 16.7 Å². The average molecular weight is 321 g/mol. The zero-order chi connectivity index (χ0) is 14.4. The maximum absolute atomic E-state index is 12.3. The lowest BCUT2D eigenvalue weighted by Gasteiger charge is -2.08. The second kappa shape index (κ2) is 4.35. The van der Waals surface area contributed by atoms with Crippen LogP contribution in [0.15, 0.2) is 22.7 Å². The van der Waals surface area contributed by atoms with Crippen LogP contribution in [0.3, 0.4) is 0 Å². The molecule has 1 amide bonds. The van der Waals surface area contributed by atoms with Gasteiger partial charge >= 0.3 is 0 Å². The number of nitriles is 1. The Morgan fingerprint density at radius 3 is 2.32 bits per heavy atom. The van der Waals surface area contributed by atoms with Gasteiger partial charge in [0.2, 0.25) is 5.91 Å². The van der Waals surface area contributed by atoms with Crippen molar-refractivity contribution in [3.8, 4) is 6.07 Å². The SMILES string of the molecule is CC1(C)C(C(=O)Nc2ccc(C#N)cc2Br)C1(C)C. The van der Waals surface area contributed by atoms with E-state index in [4.69, 9.17) is 5.26 Å². The van der Waals surface area contributed by atoms with Crippen molar-refractivity contribution in [3.05, 3.63) is 28.2 Å². The van der Waals surface area contributed by atoms with Gasteiger partial charge in [0, 0.05) is 10.4 Å². The van der Waals surface area contributed by atoms with Crippen molar-refractivity contribution < 1.29 is 4.79 Å². The molecule has 0 atom stereocenters. The van der Waals surface area contributed by atoms with E-state index in [0.29, 0.717) is 11.3 Å². The highest BCUT2D eigenvalue weighted by Crippen LogP contribution is 2.68. The minimum absolute atomic E-state index is 0.0162. The Bertz CT molecular complexity index is 570. The molecule has 0 radical (unpaired) electrons. The molecule has 1 aliphatic rings. The highest BCUT2D eigenvalue weighted by Gasteiger charge is 2.68. The van der Waals surface area contributed by atoms with Crippen LogP contribution in [-0.4, -0.2) is 5.91 Å². The van der Waals surface area contributed by atoms with Gasteiger partial charge in [-0.05, 0) is 45.0 Å². The standard InChI is InChI=1S/C15H17BrN2O/c1-14(2)12(15(14,3)4)13(19)18-11-6-5-9(8-17)7-10(11)16/h5-7,12H,1-4H3,(H,18,19). The van der Waals surface area contributed by atoms with E-state index in [1.54, 1.807) is 18.2 Å². The number of nitrogens with zero attached hydrogens (tertiary/aromatic N) is 1. The summed E-state index contributed by atoms with van der Waals surface area (Å²) in [6, 6.07) is 7.22. The number of carbonyl (C=O) groups is 1. The topological polar surface area (TPSA) is 52.9 Å². The highest BCUT2D eigenvalue weighted by molar-refractivity contribution is 9.10. The van der Waals surface area contributed by atoms with Gasteiger partial charge in [-0.3, -0.25) is 4.79 Å². The molecule has 1 aromatic carbocycles. The molecule has 4 heteroatoms. The second-order valence-electron chi connectivity index (χ2n) is 6.17. The maximum atomic E-state index is 12.3. The molecule has 19 heavy (non-hydrogen) atoms. The van der Waals surface area contributed by atoms with Gasteiger partial charge in [0.25, 0.3) is 0 Å². The molecular formula is C15H17BrN2O. The van der Waals surface area contributed by atoms with Crippen molar-refractivity contribution in [2.75, 3.05) is 5.32 Å². The van der Waals surface area contributed by atoms with Gasteiger partial charge in [-0.1, -0.05) is 27.7 Å². The van der Waals surface area contributed by atoms with Crippen LogP contribution < -0.4 is 5.32 Å². The summed E-state index contributed by atoms with van der Waals surface area (Å²) in [7, 11) is 0. The molecular weight excluding hydrogens is 304 g/mol. The zero-order valence-electron chi connectivity index (χ0n) is 11.5. The molecule has 1 saturated carbocycles. The number of hydrogen-bond donors (Lipinski definition) is 1. The molecule has 0 bridgehead atoms. The Balaban J connectivity index is 2.16. The largest absolute Gasteiger partial charge is 0.325 e. The first-order chi connectivity index (χ1) is 8.71. The molecule has 1 N–H and O–H groups in total. The molecule has 0 aromatic heterocycles. The number of rotatable bonds is 2. The minimum atomic E-state index is 0.0162. The van der Waals surface area contributed by atoms with Crippen LogP contribution in [0.25, 0.3) is 0 Å². The molecule has 0 aliphatic heterocycles. The van der Waals surface area contributed by atoms with E-state index in [2.05, 4.69) is 55.0 Å². The van der Waals surface area contributed by atoms with Gasteiger partial charge in [-0.2, -0.15) is 5.26 Å². The Hall–Kier alpha value is -1.34. The van der Waals surface area contributed by atoms with Crippen LogP contribution in [-0.2, 0) is 4.79 Å². The molecule has 0 spiro atoms. The molecule has 1 aromatic rings. The first-order valence-corrected chi connectivity index (χ1v) is 7.01. The van der Waals surface area contributed by atoms with Crippen LogP contribution in [0.4, 0.5) is 5.69 Å². The normalized spacial score (nSPS) is 19.6. The van der Waals surface area contributed by atoms with E-state index < -0.39 is 0 Å². The van der Waals surface area contributed by atoms with E-state index in [1.165, 1.54) is 0 Å². The molecule has 0 unspecified atom stereocenters. The zero-order valence-corrected chi connectivity index (χ0v) is 13.1. The van der Waals surface area contributed by atoms with Crippen molar-refractivity contribution in [2.45, 2.75) is 27.7 Å². The first-order valence-electron chi connectivity index (χ1n) is 6.22.